The summed E-state index contributed by atoms with van der Waals surface area (Å²) in [6.07, 6.45) is 14.3. The molecule has 5 fully saturated rings. The molecule has 0 N–H and O–H groups in total. The summed E-state index contributed by atoms with van der Waals surface area (Å²) in [6, 6.07) is 55.4. The topological polar surface area (TPSA) is 9.72 Å². The third-order valence-corrected chi connectivity index (χ3v) is 19.2. The lowest BCUT2D eigenvalue weighted by Crippen LogP contribution is -2.60. The third-order valence-electron chi connectivity index (χ3n) is 19.2. The summed E-state index contributed by atoms with van der Waals surface area (Å²) in [5.41, 5.74) is 18.1. The number of fused-ring (bicyclic) bond motifs is 4. The zero-order valence-corrected chi connectivity index (χ0v) is 41.8. The molecule has 0 saturated heterocycles. The standard InChI is InChI=1S/C25H29N.C21H25N.C18H21N/c1-16-7-3-5-9-23(16)26-17(2)25(22-8-4-6-10-24(22)26)20-12-18-11-19(14-20)15-21(25)13-18;1-16-10-4-6-12-19(16)22-17(2)21(14-8-3-9-15-21)18-11-5-7-13-20(18)22;1-13-9-5-7-11-16(13)19-14(2)18(3,4)15-10-6-8-12-17(15)19/h3-10,17-21H,11-15H2,1-2H3;4-7,10-13,17H,3,8-9,14-15H2,1-2H3;5-12,14H,1-4H3. The molecule has 3 heteroatoms. The van der Waals surface area contributed by atoms with Gasteiger partial charge in [-0.05, 0) is 180 Å². The second kappa shape index (κ2) is 17.0. The Morgan fingerprint density at radius 2 is 0.731 bits per heavy atom. The molecule has 346 valence electrons. The zero-order chi connectivity index (χ0) is 46.2. The number of benzene rings is 6. The van der Waals surface area contributed by atoms with Crippen LogP contribution in [0.2, 0.25) is 0 Å². The van der Waals surface area contributed by atoms with E-state index in [1.807, 2.05) is 0 Å². The van der Waals surface area contributed by atoms with Crippen LogP contribution < -0.4 is 14.7 Å². The fourth-order valence-corrected chi connectivity index (χ4v) is 15.9. The fraction of sp³-hybridized carbons (Fsp3) is 0.438. The van der Waals surface area contributed by atoms with Gasteiger partial charge in [-0.2, -0.15) is 0 Å². The summed E-state index contributed by atoms with van der Waals surface area (Å²) >= 11 is 0. The first-order valence-electron chi connectivity index (χ1n) is 26.3. The van der Waals surface area contributed by atoms with E-state index in [0.29, 0.717) is 29.0 Å². The van der Waals surface area contributed by atoms with E-state index >= 15 is 0 Å². The molecule has 2 spiro atoms. The highest BCUT2D eigenvalue weighted by molar-refractivity contribution is 5.78. The van der Waals surface area contributed by atoms with Crippen molar-refractivity contribution in [1.29, 1.82) is 0 Å². The van der Waals surface area contributed by atoms with Crippen molar-refractivity contribution in [3.05, 3.63) is 179 Å². The van der Waals surface area contributed by atoms with Gasteiger partial charge < -0.3 is 14.7 Å². The monoisotopic (exact) mass is 886 g/mol. The van der Waals surface area contributed by atoms with Gasteiger partial charge in [0.1, 0.15) is 0 Å². The van der Waals surface area contributed by atoms with Crippen LogP contribution in [0.15, 0.2) is 146 Å². The zero-order valence-electron chi connectivity index (χ0n) is 41.8. The molecule has 3 heterocycles. The van der Waals surface area contributed by atoms with Crippen molar-refractivity contribution in [2.75, 3.05) is 14.7 Å². The van der Waals surface area contributed by atoms with Crippen LogP contribution in [-0.4, -0.2) is 18.1 Å². The van der Waals surface area contributed by atoms with Gasteiger partial charge in [-0.25, -0.2) is 0 Å². The average Bonchev–Trinajstić information content (AvgIpc) is 3.82. The largest absolute Gasteiger partial charge is 0.337 e. The molecule has 0 aromatic heterocycles. The highest BCUT2D eigenvalue weighted by atomic mass is 15.2. The van der Waals surface area contributed by atoms with Gasteiger partial charge in [0.2, 0.25) is 0 Å². The van der Waals surface area contributed by atoms with Gasteiger partial charge in [0, 0.05) is 68.5 Å². The first-order chi connectivity index (χ1) is 32.5. The molecule has 0 amide bonds. The summed E-state index contributed by atoms with van der Waals surface area (Å²) in [5.74, 6) is 3.83. The summed E-state index contributed by atoms with van der Waals surface area (Å²) in [6.45, 7) is 18.7. The average molecular weight is 886 g/mol. The lowest BCUT2D eigenvalue weighted by molar-refractivity contribution is -0.0654. The Hall–Kier alpha value is -5.28. The molecular formula is C64H75N3. The van der Waals surface area contributed by atoms with Crippen molar-refractivity contribution in [1.82, 2.24) is 0 Å². The van der Waals surface area contributed by atoms with E-state index < -0.39 is 0 Å². The van der Waals surface area contributed by atoms with Gasteiger partial charge in [-0.15, -0.1) is 0 Å². The smallest absolute Gasteiger partial charge is 0.0452 e. The molecule has 5 aliphatic carbocycles. The molecule has 3 atom stereocenters. The predicted octanol–water partition coefficient (Wildman–Crippen LogP) is 16.8. The highest BCUT2D eigenvalue weighted by Gasteiger charge is 2.64. The lowest BCUT2D eigenvalue weighted by Gasteiger charge is -2.62. The van der Waals surface area contributed by atoms with Crippen LogP contribution in [-0.2, 0) is 16.2 Å². The molecule has 4 bridgehead atoms. The van der Waals surface area contributed by atoms with E-state index in [0.717, 1.165) is 23.7 Å². The molecule has 3 aliphatic heterocycles. The first kappa shape index (κ1) is 44.2. The van der Waals surface area contributed by atoms with Gasteiger partial charge in [-0.3, -0.25) is 0 Å². The summed E-state index contributed by atoms with van der Waals surface area (Å²) in [7, 11) is 0. The van der Waals surface area contributed by atoms with Crippen LogP contribution in [0.1, 0.15) is 132 Å². The third kappa shape index (κ3) is 6.86. The van der Waals surface area contributed by atoms with Gasteiger partial charge in [0.05, 0.1) is 0 Å². The summed E-state index contributed by atoms with van der Waals surface area (Å²) in [5, 5.41) is 0. The van der Waals surface area contributed by atoms with Gasteiger partial charge in [0.15, 0.2) is 0 Å². The van der Waals surface area contributed by atoms with Crippen molar-refractivity contribution in [2.45, 2.75) is 154 Å². The van der Waals surface area contributed by atoms with Crippen molar-refractivity contribution in [2.24, 2.45) is 23.7 Å². The molecule has 6 aromatic rings. The summed E-state index contributed by atoms with van der Waals surface area (Å²) in [4.78, 5) is 7.80. The predicted molar refractivity (Wildman–Crippen MR) is 284 cm³/mol. The Balaban J connectivity index is 0.000000112. The van der Waals surface area contributed by atoms with E-state index in [4.69, 9.17) is 0 Å². The van der Waals surface area contributed by atoms with Gasteiger partial charge in [0.25, 0.3) is 0 Å². The van der Waals surface area contributed by atoms with Crippen LogP contribution in [0.3, 0.4) is 0 Å². The van der Waals surface area contributed by atoms with E-state index in [9.17, 15) is 0 Å². The lowest BCUT2D eigenvalue weighted by atomic mass is 9.42. The van der Waals surface area contributed by atoms with Crippen LogP contribution >= 0.6 is 0 Å². The van der Waals surface area contributed by atoms with E-state index in [-0.39, 0.29) is 5.41 Å². The maximum Gasteiger partial charge on any atom is 0.0452 e. The maximum absolute atomic E-state index is 2.70. The number of hydrogen-bond acceptors (Lipinski definition) is 3. The Kier molecular flexibility index (Phi) is 11.3. The minimum absolute atomic E-state index is 0.179. The SMILES string of the molecule is Cc1ccccc1N1c2ccccc2C(C)(C)C1C.Cc1ccccc1N1c2ccccc2C2(C3CC4CC(C3)CC2C4)C1C.Cc1ccccc1N1c2ccccc2C2(CCCCC2)C1C. The summed E-state index contributed by atoms with van der Waals surface area (Å²) < 4.78 is 0. The molecule has 0 radical (unpaired) electrons. The number of para-hydroxylation sites is 6. The van der Waals surface area contributed by atoms with E-state index in [2.05, 4.69) is 216 Å². The number of rotatable bonds is 3. The molecule has 3 unspecified atom stereocenters. The van der Waals surface area contributed by atoms with Gasteiger partial charge >= 0.3 is 0 Å². The van der Waals surface area contributed by atoms with Crippen LogP contribution in [0.5, 0.6) is 0 Å². The first-order valence-corrected chi connectivity index (χ1v) is 26.3. The van der Waals surface area contributed by atoms with Crippen molar-refractivity contribution < 1.29 is 0 Å². The van der Waals surface area contributed by atoms with Crippen molar-refractivity contribution in [3.8, 4) is 0 Å². The maximum atomic E-state index is 2.70. The number of hydrogen-bond donors (Lipinski definition) is 0. The second-order valence-corrected chi connectivity index (χ2v) is 22.7. The quantitative estimate of drug-likeness (QED) is 0.175. The van der Waals surface area contributed by atoms with E-state index in [1.165, 1.54) is 121 Å². The van der Waals surface area contributed by atoms with Crippen molar-refractivity contribution >= 4 is 34.1 Å². The number of aryl methyl sites for hydroxylation is 3. The number of nitrogens with zero attached hydrogens (tertiary/aromatic N) is 3. The number of anilines is 6. The molecule has 3 nitrogen and oxygen atoms in total. The molecule has 14 rings (SSSR count). The van der Waals surface area contributed by atoms with Crippen molar-refractivity contribution in [3.63, 3.8) is 0 Å². The molecule has 5 saturated carbocycles. The second-order valence-electron chi connectivity index (χ2n) is 22.7. The molecule has 6 aromatic carbocycles. The Bertz CT molecular complexity index is 2730. The Morgan fingerprint density at radius 3 is 1.21 bits per heavy atom. The van der Waals surface area contributed by atoms with Gasteiger partial charge in [-0.1, -0.05) is 142 Å². The highest BCUT2D eigenvalue weighted by Crippen LogP contribution is 2.69. The van der Waals surface area contributed by atoms with Crippen LogP contribution in [0.25, 0.3) is 0 Å². The minimum Gasteiger partial charge on any atom is -0.337 e. The minimum atomic E-state index is 0.179. The van der Waals surface area contributed by atoms with Crippen LogP contribution in [0.4, 0.5) is 34.1 Å². The Labute approximate surface area is 403 Å². The van der Waals surface area contributed by atoms with E-state index in [1.54, 1.807) is 11.1 Å². The molecule has 8 aliphatic rings. The molecular weight excluding hydrogens is 811 g/mol. The normalized spacial score (nSPS) is 28.7. The molecule has 67 heavy (non-hydrogen) atoms. The fourth-order valence-electron chi connectivity index (χ4n) is 15.9. The Morgan fingerprint density at radius 1 is 0.373 bits per heavy atom. The van der Waals surface area contributed by atoms with Crippen LogP contribution in [0, 0.1) is 44.4 Å².